The van der Waals surface area contributed by atoms with E-state index in [1.807, 2.05) is 0 Å². The summed E-state index contributed by atoms with van der Waals surface area (Å²) in [6.45, 7) is 0. The first-order chi connectivity index (χ1) is 8.96. The maximum Gasteiger partial charge on any atom is 0.237 e. The Labute approximate surface area is 119 Å². The first-order valence-electron chi connectivity index (χ1n) is 5.13. The van der Waals surface area contributed by atoms with Gasteiger partial charge in [-0.25, -0.2) is 8.42 Å². The van der Waals surface area contributed by atoms with Gasteiger partial charge in [0.25, 0.3) is 0 Å². The molecule has 0 saturated heterocycles. The van der Waals surface area contributed by atoms with Crippen LogP contribution in [0.5, 0.6) is 0 Å². The van der Waals surface area contributed by atoms with Crippen LogP contribution in [0, 0.1) is 0 Å². The SMILES string of the molecule is NC(=S)c1cccc(CS(=O)(=O)Nc2cnns2)c1. The molecule has 1 heterocycles. The van der Waals surface area contributed by atoms with Gasteiger partial charge in [-0.2, -0.15) is 0 Å². The molecule has 0 fully saturated rings. The van der Waals surface area contributed by atoms with Crippen molar-refractivity contribution in [2.75, 3.05) is 4.72 Å². The zero-order chi connectivity index (χ0) is 13.9. The molecular weight excluding hydrogens is 304 g/mol. The number of benzene rings is 1. The molecule has 100 valence electrons. The second-order valence-corrected chi connectivity index (χ2v) is 6.66. The molecular formula is C10H10N4O2S3. The van der Waals surface area contributed by atoms with Crippen molar-refractivity contribution in [1.82, 2.24) is 9.59 Å². The first kappa shape index (κ1) is 13.8. The van der Waals surface area contributed by atoms with Crippen molar-refractivity contribution in [1.29, 1.82) is 0 Å². The highest BCUT2D eigenvalue weighted by molar-refractivity contribution is 7.92. The van der Waals surface area contributed by atoms with Gasteiger partial charge in [0.05, 0.1) is 11.9 Å². The van der Waals surface area contributed by atoms with Crippen LogP contribution in [0.1, 0.15) is 11.1 Å². The summed E-state index contributed by atoms with van der Waals surface area (Å²) in [7, 11) is -3.50. The molecule has 0 bridgehead atoms. The number of rotatable bonds is 5. The van der Waals surface area contributed by atoms with Gasteiger partial charge >= 0.3 is 0 Å². The molecule has 2 aromatic rings. The summed E-state index contributed by atoms with van der Waals surface area (Å²) in [4.78, 5) is 0.235. The number of hydrogen-bond acceptors (Lipinski definition) is 6. The van der Waals surface area contributed by atoms with E-state index >= 15 is 0 Å². The van der Waals surface area contributed by atoms with E-state index in [4.69, 9.17) is 18.0 Å². The van der Waals surface area contributed by atoms with Crippen LogP contribution in [0.25, 0.3) is 0 Å². The fourth-order valence-corrected chi connectivity index (χ4v) is 3.42. The van der Waals surface area contributed by atoms with E-state index < -0.39 is 10.0 Å². The van der Waals surface area contributed by atoms with E-state index in [9.17, 15) is 8.42 Å². The third-order valence-corrected chi connectivity index (χ3v) is 4.37. The average molecular weight is 314 g/mol. The molecule has 0 saturated carbocycles. The predicted molar refractivity (Wildman–Crippen MR) is 78.5 cm³/mol. The van der Waals surface area contributed by atoms with Crippen molar-refractivity contribution >= 4 is 43.8 Å². The molecule has 6 nitrogen and oxygen atoms in total. The zero-order valence-corrected chi connectivity index (χ0v) is 12.1. The second kappa shape index (κ2) is 5.59. The van der Waals surface area contributed by atoms with Crippen molar-refractivity contribution in [3.05, 3.63) is 41.6 Å². The summed E-state index contributed by atoms with van der Waals surface area (Å²) in [6.07, 6.45) is 1.35. The number of nitrogens with one attached hydrogen (secondary N) is 1. The Morgan fingerprint density at radius 3 is 2.89 bits per heavy atom. The molecule has 2 rings (SSSR count). The normalized spacial score (nSPS) is 11.2. The minimum absolute atomic E-state index is 0.165. The van der Waals surface area contributed by atoms with Gasteiger partial charge in [0, 0.05) is 17.1 Å². The zero-order valence-electron chi connectivity index (χ0n) is 9.61. The lowest BCUT2D eigenvalue weighted by molar-refractivity contribution is 0.600. The molecule has 0 atom stereocenters. The molecule has 0 amide bonds. The van der Waals surface area contributed by atoms with Crippen LogP contribution in [-0.2, 0) is 15.8 Å². The average Bonchev–Trinajstić information content (AvgIpc) is 2.80. The number of aromatic nitrogens is 2. The number of nitrogens with two attached hydrogens (primary N) is 1. The summed E-state index contributed by atoms with van der Waals surface area (Å²) in [5.41, 5.74) is 6.76. The quantitative estimate of drug-likeness (QED) is 0.802. The summed E-state index contributed by atoms with van der Waals surface area (Å²) in [5.74, 6) is -0.165. The van der Waals surface area contributed by atoms with Gasteiger partial charge in [-0.3, -0.25) is 4.72 Å². The lowest BCUT2D eigenvalue weighted by atomic mass is 10.1. The minimum atomic E-state index is -3.50. The summed E-state index contributed by atoms with van der Waals surface area (Å²) >= 11 is 5.83. The van der Waals surface area contributed by atoms with E-state index in [1.54, 1.807) is 24.3 Å². The molecule has 0 radical (unpaired) electrons. The molecule has 1 aromatic carbocycles. The molecule has 3 N–H and O–H groups in total. The van der Waals surface area contributed by atoms with E-state index in [0.717, 1.165) is 11.5 Å². The smallest absolute Gasteiger partial charge is 0.237 e. The maximum atomic E-state index is 11.9. The van der Waals surface area contributed by atoms with Crippen molar-refractivity contribution in [3.8, 4) is 0 Å². The molecule has 19 heavy (non-hydrogen) atoms. The Morgan fingerprint density at radius 2 is 2.26 bits per heavy atom. The van der Waals surface area contributed by atoms with Gasteiger partial charge < -0.3 is 5.73 Å². The van der Waals surface area contributed by atoms with Gasteiger partial charge in [0.2, 0.25) is 10.0 Å². The van der Waals surface area contributed by atoms with Gasteiger partial charge in [0.1, 0.15) is 9.99 Å². The monoisotopic (exact) mass is 314 g/mol. The third-order valence-electron chi connectivity index (χ3n) is 2.19. The van der Waals surface area contributed by atoms with Crippen LogP contribution < -0.4 is 10.5 Å². The summed E-state index contributed by atoms with van der Waals surface area (Å²) in [6, 6.07) is 6.81. The van der Waals surface area contributed by atoms with Gasteiger partial charge in [-0.15, -0.1) is 5.10 Å². The molecule has 0 aliphatic rings. The van der Waals surface area contributed by atoms with Gasteiger partial charge in [0.15, 0.2) is 0 Å². The predicted octanol–water partition coefficient (Wildman–Crippen LogP) is 1.11. The maximum absolute atomic E-state index is 11.9. The molecule has 9 heteroatoms. The highest BCUT2D eigenvalue weighted by Gasteiger charge is 2.13. The Hall–Kier alpha value is -1.58. The van der Waals surface area contributed by atoms with E-state index in [1.165, 1.54) is 6.20 Å². The number of nitrogens with zero attached hydrogens (tertiary/aromatic N) is 2. The van der Waals surface area contributed by atoms with E-state index in [0.29, 0.717) is 16.1 Å². The molecule has 0 aliphatic carbocycles. The number of hydrogen-bond donors (Lipinski definition) is 2. The Bertz CT molecular complexity index is 683. The Morgan fingerprint density at radius 1 is 1.47 bits per heavy atom. The molecule has 1 aromatic heterocycles. The van der Waals surface area contributed by atoms with E-state index in [-0.39, 0.29) is 10.7 Å². The lowest BCUT2D eigenvalue weighted by Gasteiger charge is -2.06. The van der Waals surface area contributed by atoms with Crippen LogP contribution in [0.4, 0.5) is 5.00 Å². The van der Waals surface area contributed by atoms with Crippen molar-refractivity contribution < 1.29 is 8.42 Å². The molecule has 0 aliphatic heterocycles. The van der Waals surface area contributed by atoms with Crippen molar-refractivity contribution in [2.45, 2.75) is 5.75 Å². The van der Waals surface area contributed by atoms with Gasteiger partial charge in [-0.05, 0) is 11.6 Å². The second-order valence-electron chi connectivity index (χ2n) is 3.71. The highest BCUT2D eigenvalue weighted by Crippen LogP contribution is 2.15. The summed E-state index contributed by atoms with van der Waals surface area (Å²) < 4.78 is 29.8. The van der Waals surface area contributed by atoms with Crippen LogP contribution >= 0.6 is 23.8 Å². The summed E-state index contributed by atoms with van der Waals surface area (Å²) in [5, 5.41) is 3.94. The molecule has 0 spiro atoms. The third kappa shape index (κ3) is 3.94. The highest BCUT2D eigenvalue weighted by atomic mass is 32.2. The lowest BCUT2D eigenvalue weighted by Crippen LogP contribution is -2.15. The first-order valence-corrected chi connectivity index (χ1v) is 7.96. The van der Waals surface area contributed by atoms with Crippen molar-refractivity contribution in [3.63, 3.8) is 0 Å². The van der Waals surface area contributed by atoms with Crippen LogP contribution in [0.3, 0.4) is 0 Å². The standard InChI is InChI=1S/C10H10N4O2S3/c11-10(17)8-3-1-2-7(4-8)6-19(15,16)13-9-5-12-14-18-9/h1-5,13H,6H2,(H2,11,17). The number of anilines is 1. The molecule has 0 unspecified atom stereocenters. The Kier molecular flexibility index (Phi) is 4.08. The topological polar surface area (TPSA) is 98.0 Å². The van der Waals surface area contributed by atoms with Crippen LogP contribution in [-0.4, -0.2) is 23.0 Å². The van der Waals surface area contributed by atoms with E-state index in [2.05, 4.69) is 14.3 Å². The fraction of sp³-hybridized carbons (Fsp3) is 0.100. The number of thiocarbonyl (C=S) groups is 1. The van der Waals surface area contributed by atoms with Gasteiger partial charge in [-0.1, -0.05) is 34.9 Å². The van der Waals surface area contributed by atoms with Crippen LogP contribution in [0.2, 0.25) is 0 Å². The van der Waals surface area contributed by atoms with Crippen molar-refractivity contribution in [2.24, 2.45) is 5.73 Å². The largest absolute Gasteiger partial charge is 0.389 e. The number of sulfonamides is 1. The fourth-order valence-electron chi connectivity index (χ4n) is 1.44. The minimum Gasteiger partial charge on any atom is -0.389 e. The van der Waals surface area contributed by atoms with Crippen LogP contribution in [0.15, 0.2) is 30.5 Å². The Balaban J connectivity index is 2.16.